The fourth-order valence-electron chi connectivity index (χ4n) is 1.51. The third-order valence-corrected chi connectivity index (χ3v) is 2.66. The minimum Gasteiger partial charge on any atom is -0.314 e. The summed E-state index contributed by atoms with van der Waals surface area (Å²) in [7, 11) is 0. The van der Waals surface area contributed by atoms with Crippen molar-refractivity contribution in [2.45, 2.75) is 33.2 Å². The van der Waals surface area contributed by atoms with Crippen LogP contribution in [0.3, 0.4) is 0 Å². The van der Waals surface area contributed by atoms with Gasteiger partial charge in [-0.1, -0.05) is 43.7 Å². The topological polar surface area (TPSA) is 12.0 Å². The first-order valence-corrected chi connectivity index (χ1v) is 6.13. The van der Waals surface area contributed by atoms with Gasteiger partial charge in [0, 0.05) is 11.1 Å². The Morgan fingerprint density at radius 3 is 2.81 bits per heavy atom. The predicted molar refractivity (Wildman–Crippen MR) is 72.9 cm³/mol. The third kappa shape index (κ3) is 4.82. The normalized spacial score (nSPS) is 12.2. The van der Waals surface area contributed by atoms with Crippen LogP contribution in [0.25, 0.3) is 5.57 Å². The minimum atomic E-state index is 0.555. The summed E-state index contributed by atoms with van der Waals surface area (Å²) in [5.41, 5.74) is 2.49. The summed E-state index contributed by atoms with van der Waals surface area (Å²) in [6.07, 6.45) is 3.30. The van der Waals surface area contributed by atoms with Crippen molar-refractivity contribution in [3.05, 3.63) is 40.9 Å². The lowest BCUT2D eigenvalue weighted by Crippen LogP contribution is -2.23. The number of hydrogen-bond donors (Lipinski definition) is 1. The Morgan fingerprint density at radius 1 is 1.44 bits per heavy atom. The van der Waals surface area contributed by atoms with Crippen molar-refractivity contribution in [3.8, 4) is 0 Å². The van der Waals surface area contributed by atoms with Crippen molar-refractivity contribution >= 4 is 17.2 Å². The Balaban J connectivity index is 2.50. The first kappa shape index (κ1) is 13.3. The van der Waals surface area contributed by atoms with Gasteiger partial charge in [-0.3, -0.25) is 0 Å². The maximum absolute atomic E-state index is 5.95. The summed E-state index contributed by atoms with van der Waals surface area (Å²) < 4.78 is 0. The molecule has 1 N–H and O–H groups in total. The first-order valence-electron chi connectivity index (χ1n) is 5.75. The van der Waals surface area contributed by atoms with Gasteiger partial charge in [0.2, 0.25) is 0 Å². The molecule has 2 heteroatoms. The number of benzene rings is 1. The smallest absolute Gasteiger partial charge is 0.0412 e. The standard InChI is InChI=1S/C14H20ClN/c1-11(2)16-9-5-6-12(3)13-7-4-8-14(15)10-13/h4,6-8,10-11,16H,5,9H2,1-3H3. The molecule has 1 nitrogen and oxygen atoms in total. The van der Waals surface area contributed by atoms with E-state index in [0.29, 0.717) is 6.04 Å². The number of hydrogen-bond acceptors (Lipinski definition) is 1. The van der Waals surface area contributed by atoms with Crippen molar-refractivity contribution in [2.24, 2.45) is 0 Å². The van der Waals surface area contributed by atoms with Crippen LogP contribution in [-0.2, 0) is 0 Å². The zero-order valence-corrected chi connectivity index (χ0v) is 11.0. The molecule has 0 radical (unpaired) electrons. The largest absolute Gasteiger partial charge is 0.314 e. The average molecular weight is 238 g/mol. The van der Waals surface area contributed by atoms with Gasteiger partial charge in [0.15, 0.2) is 0 Å². The van der Waals surface area contributed by atoms with Gasteiger partial charge in [-0.2, -0.15) is 0 Å². The molecular weight excluding hydrogens is 218 g/mol. The van der Waals surface area contributed by atoms with Gasteiger partial charge in [-0.25, -0.2) is 0 Å². The van der Waals surface area contributed by atoms with Crippen molar-refractivity contribution in [3.63, 3.8) is 0 Å². The molecule has 0 heterocycles. The molecule has 0 fully saturated rings. The van der Waals surface area contributed by atoms with Crippen molar-refractivity contribution in [1.29, 1.82) is 0 Å². The molecule has 1 aromatic rings. The molecule has 0 amide bonds. The van der Waals surface area contributed by atoms with Gasteiger partial charge in [0.05, 0.1) is 0 Å². The number of halogens is 1. The van der Waals surface area contributed by atoms with E-state index < -0.39 is 0 Å². The highest BCUT2D eigenvalue weighted by molar-refractivity contribution is 6.30. The summed E-state index contributed by atoms with van der Waals surface area (Å²) in [4.78, 5) is 0. The third-order valence-electron chi connectivity index (χ3n) is 2.43. The molecule has 0 saturated carbocycles. The van der Waals surface area contributed by atoms with E-state index in [1.807, 2.05) is 18.2 Å². The SMILES string of the molecule is CC(=CCCNC(C)C)c1cccc(Cl)c1. The van der Waals surface area contributed by atoms with Crippen LogP contribution in [0.1, 0.15) is 32.8 Å². The molecule has 0 aromatic heterocycles. The highest BCUT2D eigenvalue weighted by Crippen LogP contribution is 2.18. The highest BCUT2D eigenvalue weighted by Gasteiger charge is 1.96. The molecule has 88 valence electrons. The predicted octanol–water partition coefficient (Wildman–Crippen LogP) is 4.13. The van der Waals surface area contributed by atoms with E-state index in [9.17, 15) is 0 Å². The second kappa shape index (κ2) is 6.72. The molecule has 1 rings (SSSR count). The van der Waals surface area contributed by atoms with E-state index in [1.165, 1.54) is 11.1 Å². The van der Waals surface area contributed by atoms with Crippen LogP contribution < -0.4 is 5.32 Å². The number of nitrogens with one attached hydrogen (secondary N) is 1. The number of allylic oxidation sites excluding steroid dienone is 1. The minimum absolute atomic E-state index is 0.555. The zero-order valence-electron chi connectivity index (χ0n) is 10.3. The second-order valence-corrected chi connectivity index (χ2v) is 4.73. The highest BCUT2D eigenvalue weighted by atomic mass is 35.5. The average Bonchev–Trinajstić information content (AvgIpc) is 2.24. The Morgan fingerprint density at radius 2 is 2.19 bits per heavy atom. The van der Waals surface area contributed by atoms with Crippen LogP contribution in [0.2, 0.25) is 5.02 Å². The van der Waals surface area contributed by atoms with Crippen LogP contribution in [0, 0.1) is 0 Å². The Hall–Kier alpha value is -0.790. The maximum atomic E-state index is 5.95. The summed E-state index contributed by atoms with van der Waals surface area (Å²) in [6.45, 7) is 7.47. The molecule has 0 aliphatic heterocycles. The van der Waals surface area contributed by atoms with Crippen molar-refractivity contribution in [1.82, 2.24) is 5.32 Å². The van der Waals surface area contributed by atoms with Crippen molar-refractivity contribution in [2.75, 3.05) is 6.54 Å². The van der Waals surface area contributed by atoms with Crippen LogP contribution in [0.15, 0.2) is 30.3 Å². The van der Waals surface area contributed by atoms with Crippen LogP contribution in [-0.4, -0.2) is 12.6 Å². The molecule has 0 bridgehead atoms. The van der Waals surface area contributed by atoms with E-state index in [4.69, 9.17) is 11.6 Å². The van der Waals surface area contributed by atoms with E-state index in [2.05, 4.69) is 38.2 Å². The molecule has 16 heavy (non-hydrogen) atoms. The molecule has 0 saturated heterocycles. The lowest BCUT2D eigenvalue weighted by molar-refractivity contribution is 0.595. The van der Waals surface area contributed by atoms with Gasteiger partial charge < -0.3 is 5.32 Å². The monoisotopic (exact) mass is 237 g/mol. The van der Waals surface area contributed by atoms with Gasteiger partial charge >= 0.3 is 0 Å². The molecule has 0 aliphatic carbocycles. The van der Waals surface area contributed by atoms with E-state index in [1.54, 1.807) is 0 Å². The molecule has 0 atom stereocenters. The first-order chi connectivity index (χ1) is 7.59. The van der Waals surface area contributed by atoms with Gasteiger partial charge in [0.25, 0.3) is 0 Å². The van der Waals surface area contributed by atoms with E-state index in [0.717, 1.165) is 18.0 Å². The van der Waals surface area contributed by atoms with Gasteiger partial charge in [0.1, 0.15) is 0 Å². The lowest BCUT2D eigenvalue weighted by Gasteiger charge is -2.06. The van der Waals surface area contributed by atoms with Crippen LogP contribution >= 0.6 is 11.6 Å². The molecule has 0 unspecified atom stereocenters. The second-order valence-electron chi connectivity index (χ2n) is 4.29. The maximum Gasteiger partial charge on any atom is 0.0412 e. The summed E-state index contributed by atoms with van der Waals surface area (Å²) in [5, 5.41) is 4.19. The summed E-state index contributed by atoms with van der Waals surface area (Å²) in [5.74, 6) is 0. The molecule has 0 spiro atoms. The zero-order chi connectivity index (χ0) is 12.0. The fourth-order valence-corrected chi connectivity index (χ4v) is 1.70. The van der Waals surface area contributed by atoms with Gasteiger partial charge in [-0.05, 0) is 43.2 Å². The molecular formula is C14H20ClN. The van der Waals surface area contributed by atoms with E-state index >= 15 is 0 Å². The Kier molecular flexibility index (Phi) is 5.58. The van der Waals surface area contributed by atoms with Crippen LogP contribution in [0.4, 0.5) is 0 Å². The number of rotatable bonds is 5. The Labute approximate surface area is 104 Å². The lowest BCUT2D eigenvalue weighted by atomic mass is 10.1. The van der Waals surface area contributed by atoms with Crippen LogP contribution in [0.5, 0.6) is 0 Å². The molecule has 0 aliphatic rings. The van der Waals surface area contributed by atoms with Crippen molar-refractivity contribution < 1.29 is 0 Å². The summed E-state index contributed by atoms with van der Waals surface area (Å²) in [6, 6.07) is 8.54. The fraction of sp³-hybridized carbons (Fsp3) is 0.429. The molecule has 1 aromatic carbocycles. The van der Waals surface area contributed by atoms with E-state index in [-0.39, 0.29) is 0 Å². The summed E-state index contributed by atoms with van der Waals surface area (Å²) >= 11 is 5.95. The Bertz CT molecular complexity index is 356. The quantitative estimate of drug-likeness (QED) is 0.760. The van der Waals surface area contributed by atoms with Gasteiger partial charge in [-0.15, -0.1) is 0 Å².